The summed E-state index contributed by atoms with van der Waals surface area (Å²) in [6.07, 6.45) is 6.61. The van der Waals surface area contributed by atoms with Crippen LogP contribution < -0.4 is 5.32 Å². The first-order chi connectivity index (χ1) is 10.9. The quantitative estimate of drug-likeness (QED) is 0.753. The predicted molar refractivity (Wildman–Crippen MR) is 90.0 cm³/mol. The van der Waals surface area contributed by atoms with Gasteiger partial charge in [-0.3, -0.25) is 0 Å². The topological polar surface area (TPSA) is 50.7 Å². The standard InChI is InChI=1S/C18H20N4/c1-2-4-14-6-8-15(9-7-14)10-12-20-18-16-5-3-11-19-17(16)21-13-22-18/h3,5-9,11,13H,2,4,10,12H2,1H3,(H,19,20,21,22). The van der Waals surface area contributed by atoms with Gasteiger partial charge in [0.1, 0.15) is 12.1 Å². The molecule has 0 aliphatic rings. The summed E-state index contributed by atoms with van der Waals surface area (Å²) in [6, 6.07) is 12.8. The first-order valence-corrected chi connectivity index (χ1v) is 7.74. The number of nitrogens with zero attached hydrogens (tertiary/aromatic N) is 3. The molecule has 1 aromatic carbocycles. The average Bonchev–Trinajstić information content (AvgIpc) is 2.57. The molecular formula is C18H20N4. The summed E-state index contributed by atoms with van der Waals surface area (Å²) in [5.41, 5.74) is 3.47. The molecule has 22 heavy (non-hydrogen) atoms. The Morgan fingerprint density at radius 2 is 1.68 bits per heavy atom. The fourth-order valence-electron chi connectivity index (χ4n) is 2.52. The molecule has 0 fully saturated rings. The summed E-state index contributed by atoms with van der Waals surface area (Å²) in [5.74, 6) is 0.848. The van der Waals surface area contributed by atoms with E-state index in [1.54, 1.807) is 12.5 Å². The lowest BCUT2D eigenvalue weighted by atomic mass is 10.1. The van der Waals surface area contributed by atoms with Crippen molar-refractivity contribution in [2.24, 2.45) is 0 Å². The van der Waals surface area contributed by atoms with E-state index < -0.39 is 0 Å². The molecule has 3 aromatic rings. The fourth-order valence-corrected chi connectivity index (χ4v) is 2.52. The third-order valence-electron chi connectivity index (χ3n) is 3.68. The molecule has 0 spiro atoms. The molecule has 0 aliphatic carbocycles. The molecular weight excluding hydrogens is 272 g/mol. The molecule has 112 valence electrons. The van der Waals surface area contributed by atoms with E-state index in [0.29, 0.717) is 0 Å². The number of hydrogen-bond acceptors (Lipinski definition) is 4. The molecule has 2 aromatic heterocycles. The van der Waals surface area contributed by atoms with E-state index in [4.69, 9.17) is 0 Å². The van der Waals surface area contributed by atoms with E-state index >= 15 is 0 Å². The van der Waals surface area contributed by atoms with Crippen LogP contribution in [0.5, 0.6) is 0 Å². The minimum absolute atomic E-state index is 0.726. The second-order valence-electron chi connectivity index (χ2n) is 5.34. The number of aryl methyl sites for hydroxylation is 1. The van der Waals surface area contributed by atoms with E-state index in [2.05, 4.69) is 51.5 Å². The Balaban J connectivity index is 1.62. The van der Waals surface area contributed by atoms with Crippen molar-refractivity contribution in [2.45, 2.75) is 26.2 Å². The van der Waals surface area contributed by atoms with E-state index in [-0.39, 0.29) is 0 Å². The highest BCUT2D eigenvalue weighted by molar-refractivity contribution is 5.85. The van der Waals surface area contributed by atoms with Gasteiger partial charge in [-0.2, -0.15) is 0 Å². The molecule has 0 radical (unpaired) electrons. The number of aromatic nitrogens is 3. The molecule has 0 unspecified atom stereocenters. The van der Waals surface area contributed by atoms with Crippen molar-refractivity contribution in [1.82, 2.24) is 15.0 Å². The van der Waals surface area contributed by atoms with Crippen molar-refractivity contribution in [1.29, 1.82) is 0 Å². The molecule has 4 nitrogen and oxygen atoms in total. The van der Waals surface area contributed by atoms with Gasteiger partial charge in [0.25, 0.3) is 0 Å². The number of fused-ring (bicyclic) bond motifs is 1. The number of nitrogens with one attached hydrogen (secondary N) is 1. The van der Waals surface area contributed by atoms with Gasteiger partial charge in [0.15, 0.2) is 5.65 Å². The number of anilines is 1. The van der Waals surface area contributed by atoms with Crippen molar-refractivity contribution in [3.63, 3.8) is 0 Å². The Labute approximate surface area is 130 Å². The molecule has 0 saturated heterocycles. The highest BCUT2D eigenvalue weighted by atomic mass is 15.0. The molecule has 1 N–H and O–H groups in total. The van der Waals surface area contributed by atoms with Gasteiger partial charge in [0.2, 0.25) is 0 Å². The van der Waals surface area contributed by atoms with Crippen LogP contribution in [0, 0.1) is 0 Å². The number of benzene rings is 1. The molecule has 0 saturated carbocycles. The maximum atomic E-state index is 4.31. The monoisotopic (exact) mass is 292 g/mol. The minimum Gasteiger partial charge on any atom is -0.369 e. The normalized spacial score (nSPS) is 10.8. The number of hydrogen-bond donors (Lipinski definition) is 1. The SMILES string of the molecule is CCCc1ccc(CCNc2ncnc3ncccc23)cc1. The van der Waals surface area contributed by atoms with Crippen molar-refractivity contribution in [3.05, 3.63) is 60.0 Å². The van der Waals surface area contributed by atoms with Crippen LogP contribution in [0.2, 0.25) is 0 Å². The van der Waals surface area contributed by atoms with Gasteiger partial charge in [-0.05, 0) is 36.1 Å². The number of rotatable bonds is 6. The molecule has 0 amide bonds. The lowest BCUT2D eigenvalue weighted by molar-refractivity contribution is 0.918. The summed E-state index contributed by atoms with van der Waals surface area (Å²) in [4.78, 5) is 12.7. The maximum absolute atomic E-state index is 4.31. The summed E-state index contributed by atoms with van der Waals surface area (Å²) in [6.45, 7) is 3.05. The van der Waals surface area contributed by atoms with Crippen molar-refractivity contribution in [2.75, 3.05) is 11.9 Å². The third kappa shape index (κ3) is 3.39. The van der Waals surface area contributed by atoms with E-state index in [1.807, 2.05) is 12.1 Å². The van der Waals surface area contributed by atoms with Crippen molar-refractivity contribution < 1.29 is 0 Å². The van der Waals surface area contributed by atoms with Gasteiger partial charge in [0, 0.05) is 12.7 Å². The fraction of sp³-hybridized carbons (Fsp3) is 0.278. The van der Waals surface area contributed by atoms with E-state index in [0.717, 1.165) is 36.2 Å². The van der Waals surface area contributed by atoms with Crippen LogP contribution in [0.15, 0.2) is 48.9 Å². The summed E-state index contributed by atoms with van der Waals surface area (Å²) in [5, 5.41) is 4.35. The summed E-state index contributed by atoms with van der Waals surface area (Å²) >= 11 is 0. The van der Waals surface area contributed by atoms with E-state index in [9.17, 15) is 0 Å². The van der Waals surface area contributed by atoms with Crippen LogP contribution >= 0.6 is 0 Å². The Morgan fingerprint density at radius 3 is 2.45 bits per heavy atom. The zero-order valence-corrected chi connectivity index (χ0v) is 12.8. The van der Waals surface area contributed by atoms with Crippen LogP contribution in [0.25, 0.3) is 11.0 Å². The van der Waals surface area contributed by atoms with Crippen LogP contribution in [-0.4, -0.2) is 21.5 Å². The smallest absolute Gasteiger partial charge is 0.164 e. The second-order valence-corrected chi connectivity index (χ2v) is 5.34. The number of pyridine rings is 1. The van der Waals surface area contributed by atoms with Crippen molar-refractivity contribution >= 4 is 16.9 Å². The van der Waals surface area contributed by atoms with Crippen LogP contribution in [0.3, 0.4) is 0 Å². The highest BCUT2D eigenvalue weighted by Gasteiger charge is 2.03. The first kappa shape index (κ1) is 14.4. The largest absolute Gasteiger partial charge is 0.369 e. The summed E-state index contributed by atoms with van der Waals surface area (Å²) in [7, 11) is 0. The van der Waals surface area contributed by atoms with Gasteiger partial charge >= 0.3 is 0 Å². The molecule has 0 atom stereocenters. The minimum atomic E-state index is 0.726. The van der Waals surface area contributed by atoms with Gasteiger partial charge in [-0.1, -0.05) is 37.6 Å². The molecule has 3 rings (SSSR count). The van der Waals surface area contributed by atoms with Crippen LogP contribution in [0.4, 0.5) is 5.82 Å². The Morgan fingerprint density at radius 1 is 0.909 bits per heavy atom. The van der Waals surface area contributed by atoms with Gasteiger partial charge in [-0.15, -0.1) is 0 Å². The van der Waals surface area contributed by atoms with Crippen LogP contribution in [0.1, 0.15) is 24.5 Å². The lowest BCUT2D eigenvalue weighted by Gasteiger charge is -2.08. The Hall–Kier alpha value is -2.49. The average molecular weight is 292 g/mol. The maximum Gasteiger partial charge on any atom is 0.164 e. The molecule has 4 heteroatoms. The van der Waals surface area contributed by atoms with Gasteiger partial charge < -0.3 is 5.32 Å². The summed E-state index contributed by atoms with van der Waals surface area (Å²) < 4.78 is 0. The Kier molecular flexibility index (Phi) is 4.59. The zero-order chi connectivity index (χ0) is 15.2. The van der Waals surface area contributed by atoms with Gasteiger partial charge in [-0.25, -0.2) is 15.0 Å². The van der Waals surface area contributed by atoms with Crippen LogP contribution in [-0.2, 0) is 12.8 Å². The second kappa shape index (κ2) is 6.98. The van der Waals surface area contributed by atoms with Crippen molar-refractivity contribution in [3.8, 4) is 0 Å². The Bertz CT molecular complexity index is 732. The predicted octanol–water partition coefficient (Wildman–Crippen LogP) is 3.63. The molecule has 2 heterocycles. The molecule has 0 bridgehead atoms. The zero-order valence-electron chi connectivity index (χ0n) is 12.8. The van der Waals surface area contributed by atoms with Gasteiger partial charge in [0.05, 0.1) is 5.39 Å². The third-order valence-corrected chi connectivity index (χ3v) is 3.68. The first-order valence-electron chi connectivity index (χ1n) is 7.74. The molecule has 0 aliphatic heterocycles. The van der Waals surface area contributed by atoms with E-state index in [1.165, 1.54) is 17.5 Å². The lowest BCUT2D eigenvalue weighted by Crippen LogP contribution is -2.07. The highest BCUT2D eigenvalue weighted by Crippen LogP contribution is 2.16.